The second kappa shape index (κ2) is 35.2. The van der Waals surface area contributed by atoms with E-state index in [-0.39, 0.29) is 11.8 Å². The Hall–Kier alpha value is -1.59. The summed E-state index contributed by atoms with van der Waals surface area (Å²) < 4.78 is 0. The molecule has 0 fully saturated rings. The molecule has 0 bridgehead atoms. The van der Waals surface area contributed by atoms with Crippen LogP contribution in [-0.2, 0) is 9.59 Å². The third kappa shape index (κ3) is 31.7. The zero-order chi connectivity index (χ0) is 34.6. The molecule has 0 aromatic heterocycles. The number of aliphatic imine (C=N–C) groups is 1. The van der Waals surface area contributed by atoms with E-state index in [1.54, 1.807) is 0 Å². The number of hydrogen-bond acceptors (Lipinski definition) is 4. The molecule has 0 aliphatic carbocycles. The maximum atomic E-state index is 10.8. The maximum Gasteiger partial charge on any atom is 0.217 e. The van der Waals surface area contributed by atoms with Crippen LogP contribution in [0.1, 0.15) is 231 Å². The monoisotopic (exact) mass is 675 g/mol. The van der Waals surface area contributed by atoms with Crippen molar-refractivity contribution in [2.45, 2.75) is 231 Å². The largest absolute Gasteiger partial charge is 0.370 e. The lowest BCUT2D eigenvalue weighted by molar-refractivity contribution is -0.119. The van der Waals surface area contributed by atoms with Gasteiger partial charge < -0.3 is 16.4 Å². The predicted octanol–water partition coefficient (Wildman–Crippen LogP) is 11.7. The van der Waals surface area contributed by atoms with Crippen molar-refractivity contribution < 1.29 is 9.59 Å². The van der Waals surface area contributed by atoms with E-state index in [2.05, 4.69) is 4.90 Å². The van der Waals surface area contributed by atoms with Gasteiger partial charge in [0.2, 0.25) is 11.8 Å². The van der Waals surface area contributed by atoms with Crippen LogP contribution in [-0.4, -0.2) is 42.2 Å². The Morgan fingerprint density at radius 3 is 1.17 bits per heavy atom. The van der Waals surface area contributed by atoms with Crippen molar-refractivity contribution in [1.82, 2.24) is 4.90 Å². The van der Waals surface area contributed by atoms with Crippen molar-refractivity contribution >= 4 is 17.6 Å². The molecule has 0 saturated heterocycles. The van der Waals surface area contributed by atoms with E-state index in [4.69, 9.17) is 16.5 Å². The number of hydrogen-bond donors (Lipinski definition) is 2. The Morgan fingerprint density at radius 2 is 0.771 bits per heavy atom. The van der Waals surface area contributed by atoms with Gasteiger partial charge in [0, 0.05) is 38.9 Å². The van der Waals surface area contributed by atoms with E-state index >= 15 is 0 Å². The van der Waals surface area contributed by atoms with Gasteiger partial charge in [0.05, 0.1) is 5.84 Å². The molecule has 0 aromatic rings. The highest BCUT2D eigenvalue weighted by Gasteiger charge is 2.12. The van der Waals surface area contributed by atoms with Crippen molar-refractivity contribution in [2.24, 2.45) is 16.5 Å². The molecule has 282 valence electrons. The molecule has 1 aliphatic rings. The Morgan fingerprint density at radius 1 is 0.438 bits per heavy atom. The smallest absolute Gasteiger partial charge is 0.217 e. The second-order valence-corrected chi connectivity index (χ2v) is 15.1. The van der Waals surface area contributed by atoms with Crippen LogP contribution in [0.3, 0.4) is 0 Å². The summed E-state index contributed by atoms with van der Waals surface area (Å²) in [6, 6.07) is 0. The van der Waals surface area contributed by atoms with Crippen LogP contribution in [0.4, 0.5) is 0 Å². The van der Waals surface area contributed by atoms with Crippen LogP contribution >= 0.6 is 0 Å². The highest BCUT2D eigenvalue weighted by molar-refractivity contribution is 5.82. The van der Waals surface area contributed by atoms with E-state index < -0.39 is 0 Å². The maximum absolute atomic E-state index is 10.8. The lowest BCUT2D eigenvalue weighted by Gasteiger charge is -2.26. The fraction of sp³-hybridized carbons (Fsp3) is 0.929. The van der Waals surface area contributed by atoms with Gasteiger partial charge in [0.15, 0.2) is 0 Å². The molecular weight excluding hydrogens is 592 g/mol. The van der Waals surface area contributed by atoms with Crippen molar-refractivity contribution in [2.75, 3.05) is 19.6 Å². The topological polar surface area (TPSA) is 102 Å². The molecule has 0 aromatic carbocycles. The lowest BCUT2D eigenvalue weighted by Crippen LogP contribution is -2.33. The number of carbonyl (C=O) groups excluding carboxylic acids is 2. The molecule has 0 atom stereocenters. The van der Waals surface area contributed by atoms with Gasteiger partial charge in [-0.25, -0.2) is 0 Å². The third-order valence-corrected chi connectivity index (χ3v) is 10.4. The first kappa shape index (κ1) is 44.4. The SMILES string of the molecule is NC(=O)CCCCCCCCCCCCCCCCCN1CCCCCCN=C1CCCCCCCCCCCCCCCCC(N)=O. The number of primary amides is 2. The van der Waals surface area contributed by atoms with Crippen LogP contribution in [0.25, 0.3) is 0 Å². The fourth-order valence-corrected chi connectivity index (χ4v) is 7.29. The summed E-state index contributed by atoms with van der Waals surface area (Å²) in [4.78, 5) is 29.4. The normalized spacial score (nSPS) is 14.0. The van der Waals surface area contributed by atoms with E-state index in [0.29, 0.717) is 12.8 Å². The van der Waals surface area contributed by atoms with Crippen LogP contribution in [0.15, 0.2) is 4.99 Å². The molecule has 1 rings (SSSR count). The van der Waals surface area contributed by atoms with E-state index in [1.165, 1.54) is 212 Å². The molecule has 0 radical (unpaired) electrons. The summed E-state index contributed by atoms with van der Waals surface area (Å²) in [5, 5.41) is 0. The zero-order valence-corrected chi connectivity index (χ0v) is 31.9. The molecule has 6 heteroatoms. The molecule has 0 spiro atoms. The average Bonchev–Trinajstić information content (AvgIpc) is 3.17. The number of unbranched alkanes of at least 4 members (excludes halogenated alkanes) is 27. The summed E-state index contributed by atoms with van der Waals surface area (Å²) in [5.41, 5.74) is 10.4. The number of nitrogens with zero attached hydrogens (tertiary/aromatic N) is 2. The molecule has 0 saturated carbocycles. The molecule has 4 N–H and O–H groups in total. The molecule has 48 heavy (non-hydrogen) atoms. The Balaban J connectivity index is 1.99. The van der Waals surface area contributed by atoms with Crippen molar-refractivity contribution in [3.63, 3.8) is 0 Å². The van der Waals surface area contributed by atoms with E-state index in [0.717, 1.165) is 32.2 Å². The number of amides is 2. The van der Waals surface area contributed by atoms with Gasteiger partial charge >= 0.3 is 0 Å². The molecule has 1 aliphatic heterocycles. The van der Waals surface area contributed by atoms with Gasteiger partial charge in [-0.05, 0) is 38.5 Å². The van der Waals surface area contributed by atoms with Crippen molar-refractivity contribution in [3.8, 4) is 0 Å². The molecule has 0 unspecified atom stereocenters. The Bertz CT molecular complexity index is 756. The average molecular weight is 675 g/mol. The summed E-state index contributed by atoms with van der Waals surface area (Å²) >= 11 is 0. The predicted molar refractivity (Wildman–Crippen MR) is 208 cm³/mol. The number of rotatable bonds is 35. The minimum absolute atomic E-state index is 0.155. The van der Waals surface area contributed by atoms with Crippen LogP contribution in [0.5, 0.6) is 0 Å². The Kier molecular flexibility index (Phi) is 32.6. The minimum Gasteiger partial charge on any atom is -0.370 e. The fourth-order valence-electron chi connectivity index (χ4n) is 7.29. The summed E-state index contributed by atoms with van der Waals surface area (Å²) in [5.74, 6) is 1.13. The van der Waals surface area contributed by atoms with Gasteiger partial charge in [-0.15, -0.1) is 0 Å². The molecular formula is C42H82N4O2. The highest BCUT2D eigenvalue weighted by Crippen LogP contribution is 2.17. The first-order valence-corrected chi connectivity index (χ1v) is 21.4. The van der Waals surface area contributed by atoms with E-state index in [1.807, 2.05) is 0 Å². The standard InChI is InChI=1S/C42H82N4O2/c43-40(47)34-28-22-18-14-10-6-2-1-5-9-13-17-21-26-32-38-46-39-33-27-25-31-37-45-42(46)36-30-24-20-16-12-8-4-3-7-11-15-19-23-29-35-41(44)48/h1-39H2,(H2,43,47)(H2,44,48). The first-order valence-electron chi connectivity index (χ1n) is 21.4. The molecule has 6 nitrogen and oxygen atoms in total. The lowest BCUT2D eigenvalue weighted by atomic mass is 10.0. The van der Waals surface area contributed by atoms with Crippen molar-refractivity contribution in [3.05, 3.63) is 0 Å². The third-order valence-electron chi connectivity index (χ3n) is 10.4. The van der Waals surface area contributed by atoms with Gasteiger partial charge in [-0.3, -0.25) is 14.6 Å². The zero-order valence-electron chi connectivity index (χ0n) is 31.9. The summed E-state index contributed by atoms with van der Waals surface area (Å²) in [6.45, 7) is 3.49. The number of amidine groups is 1. The Labute approximate surface area is 298 Å². The quantitative estimate of drug-likeness (QED) is 0.0654. The van der Waals surface area contributed by atoms with Crippen LogP contribution in [0.2, 0.25) is 0 Å². The van der Waals surface area contributed by atoms with Crippen molar-refractivity contribution in [1.29, 1.82) is 0 Å². The van der Waals surface area contributed by atoms with Gasteiger partial charge in [-0.1, -0.05) is 173 Å². The van der Waals surface area contributed by atoms with Gasteiger partial charge in [0.25, 0.3) is 0 Å². The number of nitrogens with two attached hydrogens (primary N) is 2. The summed E-state index contributed by atoms with van der Waals surface area (Å²) in [7, 11) is 0. The highest BCUT2D eigenvalue weighted by atomic mass is 16.1. The molecule has 2 amide bonds. The van der Waals surface area contributed by atoms with Gasteiger partial charge in [0.1, 0.15) is 0 Å². The van der Waals surface area contributed by atoms with E-state index in [9.17, 15) is 9.59 Å². The van der Waals surface area contributed by atoms with Gasteiger partial charge in [-0.2, -0.15) is 0 Å². The second-order valence-electron chi connectivity index (χ2n) is 15.1. The van der Waals surface area contributed by atoms with Crippen LogP contribution in [0, 0.1) is 0 Å². The first-order chi connectivity index (χ1) is 23.6. The minimum atomic E-state index is -0.156. The molecule has 1 heterocycles. The van der Waals surface area contributed by atoms with Crippen LogP contribution < -0.4 is 11.5 Å². The number of carbonyl (C=O) groups is 2. The summed E-state index contributed by atoms with van der Waals surface area (Å²) in [6.07, 6.45) is 46.1.